The number of nitrogens with zero attached hydrogens (tertiary/aromatic N) is 3. The fourth-order valence-electron chi connectivity index (χ4n) is 2.09. The van der Waals surface area contributed by atoms with Gasteiger partial charge in [0.05, 0.1) is 5.75 Å². The summed E-state index contributed by atoms with van der Waals surface area (Å²) in [6, 6.07) is 0. The molecule has 0 atom stereocenters. The van der Waals surface area contributed by atoms with Crippen molar-refractivity contribution in [2.45, 2.75) is 37.4 Å². The van der Waals surface area contributed by atoms with Gasteiger partial charge in [0.15, 0.2) is 5.16 Å². The van der Waals surface area contributed by atoms with Gasteiger partial charge in [-0.15, -0.1) is 10.2 Å². The van der Waals surface area contributed by atoms with E-state index in [9.17, 15) is 4.79 Å². The normalized spacial score (nSPS) is 16.9. The summed E-state index contributed by atoms with van der Waals surface area (Å²) in [5.41, 5.74) is 0. The Hall–Kier alpha value is -1.08. The topological polar surface area (TPSA) is 77.2 Å². The zero-order valence-corrected chi connectivity index (χ0v) is 11.2. The van der Waals surface area contributed by atoms with Crippen LogP contribution >= 0.6 is 11.8 Å². The lowest BCUT2D eigenvalue weighted by Gasteiger charge is -2.21. The number of hydrogen-bond acceptors (Lipinski definition) is 5. The lowest BCUT2D eigenvalue weighted by atomic mass is 9.99. The highest BCUT2D eigenvalue weighted by atomic mass is 32.2. The maximum Gasteiger partial charge on any atom is 0.313 e. The molecule has 0 aliphatic carbocycles. The maximum absolute atomic E-state index is 10.6. The highest BCUT2D eigenvalue weighted by molar-refractivity contribution is 7.99. The average Bonchev–Trinajstić information content (AvgIpc) is 2.80. The molecule has 0 unspecified atom stereocenters. The van der Waals surface area contributed by atoms with Crippen LogP contribution in [0.25, 0.3) is 0 Å². The van der Waals surface area contributed by atoms with Crippen molar-refractivity contribution in [3.05, 3.63) is 5.82 Å². The summed E-state index contributed by atoms with van der Waals surface area (Å²) in [7, 11) is 0. The highest BCUT2D eigenvalue weighted by Crippen LogP contribution is 2.28. The largest absolute Gasteiger partial charge is 0.481 e. The second kappa shape index (κ2) is 6.19. The minimum absolute atomic E-state index is 0.0198. The van der Waals surface area contributed by atoms with Gasteiger partial charge in [-0.25, -0.2) is 0 Å². The van der Waals surface area contributed by atoms with Crippen molar-refractivity contribution in [3.8, 4) is 0 Å². The summed E-state index contributed by atoms with van der Waals surface area (Å²) in [6.07, 6.45) is 1.92. The van der Waals surface area contributed by atoms with E-state index in [1.807, 2.05) is 11.5 Å². The molecule has 1 aliphatic rings. The summed E-state index contributed by atoms with van der Waals surface area (Å²) >= 11 is 1.22. The van der Waals surface area contributed by atoms with Crippen LogP contribution in [0.5, 0.6) is 0 Å². The summed E-state index contributed by atoms with van der Waals surface area (Å²) < 4.78 is 7.36. The Labute approximate surface area is 110 Å². The molecule has 1 saturated heterocycles. The molecule has 2 rings (SSSR count). The zero-order valence-electron chi connectivity index (χ0n) is 10.3. The van der Waals surface area contributed by atoms with Crippen LogP contribution in [0.15, 0.2) is 5.16 Å². The Kier molecular flexibility index (Phi) is 4.60. The number of ether oxygens (including phenoxy) is 1. The number of thioether (sulfide) groups is 1. The van der Waals surface area contributed by atoms with E-state index in [1.54, 1.807) is 0 Å². The second-order valence-corrected chi connectivity index (χ2v) is 5.10. The van der Waals surface area contributed by atoms with Gasteiger partial charge in [-0.05, 0) is 19.8 Å². The van der Waals surface area contributed by atoms with Gasteiger partial charge >= 0.3 is 5.97 Å². The molecular weight excluding hydrogens is 254 g/mol. The highest BCUT2D eigenvalue weighted by Gasteiger charge is 2.23. The number of aromatic nitrogens is 3. The van der Waals surface area contributed by atoms with Crippen molar-refractivity contribution < 1.29 is 14.6 Å². The van der Waals surface area contributed by atoms with Crippen molar-refractivity contribution in [3.63, 3.8) is 0 Å². The molecule has 0 aromatic carbocycles. The predicted molar refractivity (Wildman–Crippen MR) is 66.8 cm³/mol. The molecule has 18 heavy (non-hydrogen) atoms. The van der Waals surface area contributed by atoms with E-state index in [2.05, 4.69) is 10.2 Å². The van der Waals surface area contributed by atoms with Crippen molar-refractivity contribution in [2.24, 2.45) is 0 Å². The quantitative estimate of drug-likeness (QED) is 0.815. The number of aliphatic carboxylic acids is 1. The Morgan fingerprint density at radius 3 is 2.83 bits per heavy atom. The fourth-order valence-corrected chi connectivity index (χ4v) is 2.82. The Bertz CT molecular complexity index is 416. The third-order valence-electron chi connectivity index (χ3n) is 2.97. The van der Waals surface area contributed by atoms with E-state index in [0.29, 0.717) is 11.1 Å². The van der Waals surface area contributed by atoms with Gasteiger partial charge in [-0.1, -0.05) is 11.8 Å². The number of hydrogen-bond donors (Lipinski definition) is 1. The Balaban J connectivity index is 2.12. The van der Waals surface area contributed by atoms with E-state index < -0.39 is 5.97 Å². The SMILES string of the molecule is CCn1c(SCC(=O)O)nnc1C1CCOCC1. The molecule has 6 nitrogen and oxygen atoms in total. The van der Waals surface area contributed by atoms with Crippen LogP contribution in [0.4, 0.5) is 0 Å². The molecule has 2 heterocycles. The standard InChI is InChI=1S/C11H17N3O3S/c1-2-14-10(8-3-5-17-6-4-8)12-13-11(14)18-7-9(15)16/h8H,2-7H2,1H3,(H,15,16). The van der Waals surface area contributed by atoms with E-state index in [1.165, 1.54) is 11.8 Å². The molecule has 0 amide bonds. The predicted octanol–water partition coefficient (Wildman–Crippen LogP) is 1.37. The lowest BCUT2D eigenvalue weighted by Crippen LogP contribution is -2.18. The van der Waals surface area contributed by atoms with Crippen LogP contribution in [0, 0.1) is 0 Å². The smallest absolute Gasteiger partial charge is 0.313 e. The van der Waals surface area contributed by atoms with E-state index in [-0.39, 0.29) is 5.75 Å². The van der Waals surface area contributed by atoms with Crippen LogP contribution < -0.4 is 0 Å². The van der Waals surface area contributed by atoms with Gasteiger partial charge in [-0.3, -0.25) is 4.79 Å². The van der Waals surface area contributed by atoms with Crippen molar-refractivity contribution >= 4 is 17.7 Å². The summed E-state index contributed by atoms with van der Waals surface area (Å²) in [5.74, 6) is 0.531. The number of carboxylic acids is 1. The minimum Gasteiger partial charge on any atom is -0.481 e. The van der Waals surface area contributed by atoms with Crippen molar-refractivity contribution in [1.29, 1.82) is 0 Å². The van der Waals surface area contributed by atoms with Gasteiger partial charge in [-0.2, -0.15) is 0 Å². The summed E-state index contributed by atoms with van der Waals surface area (Å²) in [5, 5.41) is 17.7. The molecule has 0 bridgehead atoms. The first-order chi connectivity index (χ1) is 8.72. The minimum atomic E-state index is -0.835. The first kappa shape index (κ1) is 13.4. The molecule has 0 radical (unpaired) electrons. The lowest BCUT2D eigenvalue weighted by molar-refractivity contribution is -0.133. The molecule has 1 aromatic heterocycles. The van der Waals surface area contributed by atoms with Crippen LogP contribution in [0.3, 0.4) is 0 Å². The van der Waals surface area contributed by atoms with Crippen LogP contribution in [-0.4, -0.2) is 44.8 Å². The fraction of sp³-hybridized carbons (Fsp3) is 0.727. The summed E-state index contributed by atoms with van der Waals surface area (Å²) in [6.45, 7) is 4.32. The van der Waals surface area contributed by atoms with Crippen LogP contribution in [0.2, 0.25) is 0 Å². The molecule has 7 heteroatoms. The molecule has 1 N–H and O–H groups in total. The number of carbonyl (C=O) groups is 1. The van der Waals surface area contributed by atoms with Crippen LogP contribution in [0.1, 0.15) is 31.5 Å². The first-order valence-corrected chi connectivity index (χ1v) is 7.06. The van der Waals surface area contributed by atoms with Gasteiger partial charge in [0.2, 0.25) is 0 Å². The van der Waals surface area contributed by atoms with Gasteiger partial charge in [0.25, 0.3) is 0 Å². The average molecular weight is 271 g/mol. The van der Waals surface area contributed by atoms with Crippen LogP contribution in [-0.2, 0) is 16.1 Å². The second-order valence-electron chi connectivity index (χ2n) is 4.15. The van der Waals surface area contributed by atoms with Gasteiger partial charge < -0.3 is 14.4 Å². The van der Waals surface area contributed by atoms with E-state index >= 15 is 0 Å². The van der Waals surface area contributed by atoms with Gasteiger partial charge in [0, 0.05) is 25.7 Å². The molecular formula is C11H17N3O3S. The Morgan fingerprint density at radius 1 is 1.50 bits per heavy atom. The molecule has 0 spiro atoms. The number of rotatable bonds is 5. The monoisotopic (exact) mass is 271 g/mol. The molecule has 1 aliphatic heterocycles. The number of carboxylic acid groups (broad SMARTS) is 1. The van der Waals surface area contributed by atoms with E-state index in [4.69, 9.17) is 9.84 Å². The first-order valence-electron chi connectivity index (χ1n) is 6.07. The Morgan fingerprint density at radius 2 is 2.22 bits per heavy atom. The van der Waals surface area contributed by atoms with Crippen molar-refractivity contribution in [1.82, 2.24) is 14.8 Å². The third-order valence-corrected chi connectivity index (χ3v) is 3.92. The molecule has 1 fully saturated rings. The summed E-state index contributed by atoms with van der Waals surface area (Å²) in [4.78, 5) is 10.6. The van der Waals surface area contributed by atoms with E-state index in [0.717, 1.165) is 38.4 Å². The zero-order chi connectivity index (χ0) is 13.0. The van der Waals surface area contributed by atoms with Gasteiger partial charge in [0.1, 0.15) is 5.82 Å². The molecule has 100 valence electrons. The maximum atomic E-state index is 10.6. The third kappa shape index (κ3) is 3.02. The molecule has 0 saturated carbocycles. The van der Waals surface area contributed by atoms with Crippen molar-refractivity contribution in [2.75, 3.05) is 19.0 Å². The molecule has 1 aromatic rings.